The molecule has 0 amide bonds. The van der Waals surface area contributed by atoms with E-state index in [0.29, 0.717) is 26.3 Å². The molecular weight excluding hydrogens is 513 g/mol. The van der Waals surface area contributed by atoms with Crippen LogP contribution in [0.4, 0.5) is 0 Å². The average Bonchev–Trinajstić information content (AvgIpc) is 2.86. The van der Waals surface area contributed by atoms with Gasteiger partial charge in [-0.05, 0) is 48.4 Å². The molecule has 4 rings (SSSR count). The lowest BCUT2D eigenvalue weighted by atomic mass is 9.93. The molecule has 2 N–H and O–H groups in total. The van der Waals surface area contributed by atoms with Crippen molar-refractivity contribution in [2.24, 2.45) is 5.92 Å². The molecule has 0 saturated heterocycles. The van der Waals surface area contributed by atoms with E-state index in [0.717, 1.165) is 4.68 Å². The van der Waals surface area contributed by atoms with Gasteiger partial charge in [-0.25, -0.2) is 8.89 Å². The molecule has 11 heteroatoms. The summed E-state index contributed by atoms with van der Waals surface area (Å²) in [6.07, 6.45) is -1.43. The predicted octanol–water partition coefficient (Wildman–Crippen LogP) is 4.09. The first kappa shape index (κ1) is 25.0. The molecule has 3 atom stereocenters. The second-order valence-corrected chi connectivity index (χ2v) is 9.94. The lowest BCUT2D eigenvalue weighted by Gasteiger charge is -2.20. The number of aryl methyl sites for hydroxylation is 1. The van der Waals surface area contributed by atoms with Crippen LogP contribution in [0.1, 0.15) is 18.1 Å². The molecule has 1 aromatic heterocycles. The average molecular weight is 532 g/mol. The van der Waals surface area contributed by atoms with Crippen molar-refractivity contribution in [1.29, 1.82) is 0 Å². The minimum Gasteiger partial charge on any atom is -0.481 e. The number of benzene rings is 3. The second kappa shape index (κ2) is 10.7. The molecule has 0 aliphatic carbocycles. The number of fused-ring (bicyclic) bond motifs is 1. The molecule has 35 heavy (non-hydrogen) atoms. The molecule has 8 nitrogen and oxygen atoms in total. The fourth-order valence-corrected chi connectivity index (χ4v) is 5.30. The third-order valence-electron chi connectivity index (χ3n) is 5.53. The SMILES string of the molecule is O=C(O)[C@@H](CCn1nnc2ccccc2c1=O)C(O)c1ccc(S(=O)c2cccc(Cl)c2Cl)cc1. The van der Waals surface area contributed by atoms with Crippen LogP contribution in [0.15, 0.2) is 81.3 Å². The largest absolute Gasteiger partial charge is 0.481 e. The van der Waals surface area contributed by atoms with E-state index in [9.17, 15) is 24.0 Å². The van der Waals surface area contributed by atoms with Gasteiger partial charge in [-0.3, -0.25) is 9.59 Å². The summed E-state index contributed by atoms with van der Waals surface area (Å²) in [6, 6.07) is 17.6. The Morgan fingerprint density at radius 2 is 1.74 bits per heavy atom. The molecule has 1 heterocycles. The van der Waals surface area contributed by atoms with Gasteiger partial charge >= 0.3 is 5.97 Å². The van der Waals surface area contributed by atoms with Gasteiger partial charge in [0, 0.05) is 11.4 Å². The van der Waals surface area contributed by atoms with Crippen LogP contribution in [0.2, 0.25) is 10.0 Å². The van der Waals surface area contributed by atoms with Gasteiger partial charge in [-0.1, -0.05) is 58.7 Å². The zero-order valence-electron chi connectivity index (χ0n) is 18.0. The van der Waals surface area contributed by atoms with Gasteiger partial charge in [0.1, 0.15) is 5.52 Å². The monoisotopic (exact) mass is 531 g/mol. The van der Waals surface area contributed by atoms with Crippen LogP contribution in [0.3, 0.4) is 0 Å². The maximum Gasteiger partial charge on any atom is 0.309 e. The number of carboxylic acids is 1. The van der Waals surface area contributed by atoms with Gasteiger partial charge < -0.3 is 10.2 Å². The Bertz CT molecular complexity index is 1480. The Balaban J connectivity index is 1.51. The van der Waals surface area contributed by atoms with E-state index in [1.54, 1.807) is 42.5 Å². The Kier molecular flexibility index (Phi) is 7.61. The first-order valence-electron chi connectivity index (χ1n) is 10.5. The zero-order chi connectivity index (χ0) is 25.1. The number of carbonyl (C=O) groups is 1. The fraction of sp³-hybridized carbons (Fsp3) is 0.167. The number of hydrogen-bond donors (Lipinski definition) is 2. The number of aliphatic hydroxyl groups excluding tert-OH is 1. The van der Waals surface area contributed by atoms with Crippen LogP contribution >= 0.6 is 23.2 Å². The number of nitrogens with zero attached hydrogens (tertiary/aromatic N) is 3. The summed E-state index contributed by atoms with van der Waals surface area (Å²) >= 11 is 12.2. The van der Waals surface area contributed by atoms with E-state index < -0.39 is 28.8 Å². The van der Waals surface area contributed by atoms with Crippen LogP contribution in [0, 0.1) is 5.92 Å². The smallest absolute Gasteiger partial charge is 0.309 e. The van der Waals surface area contributed by atoms with Crippen molar-refractivity contribution in [3.63, 3.8) is 0 Å². The predicted molar refractivity (Wildman–Crippen MR) is 132 cm³/mol. The number of halogens is 2. The maximum atomic E-state index is 12.9. The van der Waals surface area contributed by atoms with Crippen molar-refractivity contribution >= 4 is 50.9 Å². The van der Waals surface area contributed by atoms with Crippen molar-refractivity contribution < 1.29 is 19.2 Å². The second-order valence-electron chi connectivity index (χ2n) is 7.70. The Labute approximate surface area is 212 Å². The summed E-state index contributed by atoms with van der Waals surface area (Å²) in [6.45, 7) is -0.0416. The first-order chi connectivity index (χ1) is 16.8. The number of aromatic nitrogens is 3. The molecule has 2 unspecified atom stereocenters. The Morgan fingerprint density at radius 1 is 1.03 bits per heavy atom. The molecule has 0 aliphatic rings. The minimum atomic E-state index is -1.62. The molecule has 180 valence electrons. The number of aliphatic carboxylic acids is 1. The highest BCUT2D eigenvalue weighted by Gasteiger charge is 2.28. The Morgan fingerprint density at radius 3 is 2.46 bits per heavy atom. The zero-order valence-corrected chi connectivity index (χ0v) is 20.4. The summed E-state index contributed by atoms with van der Waals surface area (Å²) in [5.74, 6) is -2.44. The molecule has 0 spiro atoms. The summed E-state index contributed by atoms with van der Waals surface area (Å²) in [5, 5.41) is 29.2. The van der Waals surface area contributed by atoms with Crippen molar-refractivity contribution in [3.8, 4) is 0 Å². The van der Waals surface area contributed by atoms with Gasteiger partial charge in [-0.2, -0.15) is 0 Å². The van der Waals surface area contributed by atoms with Gasteiger partial charge in [0.2, 0.25) is 0 Å². The summed E-state index contributed by atoms with van der Waals surface area (Å²) in [7, 11) is -1.62. The molecule has 0 saturated carbocycles. The number of aliphatic hydroxyl groups is 1. The van der Waals surface area contributed by atoms with E-state index >= 15 is 0 Å². The highest BCUT2D eigenvalue weighted by Crippen LogP contribution is 2.32. The standard InChI is InChI=1S/C24H19Cl2N3O5S/c25-18-5-3-7-20(21(18)26)35(34)15-10-8-14(9-11-15)22(30)17(24(32)33)12-13-29-23(31)16-4-1-2-6-19(16)27-28-29/h1-11,17,22,30H,12-13H2,(H,32,33)/t17-,22?,35?/m0/s1. The first-order valence-corrected chi connectivity index (χ1v) is 12.4. The lowest BCUT2D eigenvalue weighted by molar-refractivity contribution is -0.146. The third kappa shape index (κ3) is 5.28. The van der Waals surface area contributed by atoms with Gasteiger partial charge in [0.15, 0.2) is 0 Å². The number of carboxylic acid groups (broad SMARTS) is 1. The molecule has 3 aromatic carbocycles. The lowest BCUT2D eigenvalue weighted by Crippen LogP contribution is -2.29. The minimum absolute atomic E-state index is 0.0416. The molecule has 0 fully saturated rings. The van der Waals surface area contributed by atoms with Crippen molar-refractivity contribution in [3.05, 3.63) is 92.7 Å². The highest BCUT2D eigenvalue weighted by atomic mass is 35.5. The van der Waals surface area contributed by atoms with Crippen LogP contribution in [-0.2, 0) is 22.1 Å². The molecule has 0 radical (unpaired) electrons. The molecule has 0 aliphatic heterocycles. The Hall–Kier alpha value is -3.11. The van der Waals surface area contributed by atoms with Gasteiger partial charge in [0.25, 0.3) is 5.56 Å². The highest BCUT2D eigenvalue weighted by molar-refractivity contribution is 7.85. The van der Waals surface area contributed by atoms with Crippen LogP contribution < -0.4 is 5.56 Å². The molecular formula is C24H19Cl2N3O5S. The number of hydrogen-bond acceptors (Lipinski definition) is 6. The topological polar surface area (TPSA) is 122 Å². The van der Waals surface area contributed by atoms with Crippen LogP contribution in [0.25, 0.3) is 10.9 Å². The van der Waals surface area contributed by atoms with Crippen molar-refractivity contribution in [2.45, 2.75) is 28.9 Å². The maximum absolute atomic E-state index is 12.9. The quantitative estimate of drug-likeness (QED) is 0.351. The van der Waals surface area contributed by atoms with Crippen LogP contribution in [0.5, 0.6) is 0 Å². The van der Waals surface area contributed by atoms with E-state index in [-0.39, 0.29) is 28.6 Å². The van der Waals surface area contributed by atoms with Gasteiger partial charge in [0.05, 0.1) is 43.1 Å². The number of rotatable bonds is 8. The molecule has 4 aromatic rings. The van der Waals surface area contributed by atoms with E-state index in [1.807, 2.05) is 0 Å². The normalized spacial score (nSPS) is 13.9. The van der Waals surface area contributed by atoms with Crippen molar-refractivity contribution in [2.75, 3.05) is 0 Å². The van der Waals surface area contributed by atoms with E-state index in [1.165, 1.54) is 24.3 Å². The van der Waals surface area contributed by atoms with Crippen LogP contribution in [-0.4, -0.2) is 35.4 Å². The van der Waals surface area contributed by atoms with Gasteiger partial charge in [-0.15, -0.1) is 5.10 Å². The molecule has 0 bridgehead atoms. The summed E-state index contributed by atoms with van der Waals surface area (Å²) in [4.78, 5) is 25.3. The third-order valence-corrected chi connectivity index (χ3v) is 7.90. The van der Waals surface area contributed by atoms with E-state index in [2.05, 4.69) is 10.3 Å². The van der Waals surface area contributed by atoms with Crippen molar-refractivity contribution in [1.82, 2.24) is 15.0 Å². The fourth-order valence-electron chi connectivity index (χ4n) is 3.62. The summed E-state index contributed by atoms with van der Waals surface area (Å²) < 4.78 is 14.0. The van der Waals surface area contributed by atoms with E-state index in [4.69, 9.17) is 23.2 Å². The summed E-state index contributed by atoms with van der Waals surface area (Å²) in [5.41, 5.74) is 0.383.